The van der Waals surface area contributed by atoms with Crippen molar-refractivity contribution < 1.29 is 4.39 Å². The van der Waals surface area contributed by atoms with Crippen molar-refractivity contribution in [2.45, 2.75) is 40.2 Å². The molecule has 0 aliphatic rings. The summed E-state index contributed by atoms with van der Waals surface area (Å²) in [5.74, 6) is -0.270. The lowest BCUT2D eigenvalue weighted by molar-refractivity contribution is 0.620. The van der Waals surface area contributed by atoms with Gasteiger partial charge >= 0.3 is 0 Å². The largest absolute Gasteiger partial charge is 0.324 e. The fourth-order valence-electron chi connectivity index (χ4n) is 2.50. The van der Waals surface area contributed by atoms with E-state index < -0.39 is 0 Å². The Balaban J connectivity index is 2.65. The van der Waals surface area contributed by atoms with E-state index in [1.165, 1.54) is 17.7 Å². The highest BCUT2D eigenvalue weighted by Crippen LogP contribution is 2.25. The van der Waals surface area contributed by atoms with Crippen molar-refractivity contribution >= 4 is 0 Å². The van der Waals surface area contributed by atoms with Gasteiger partial charge in [-0.3, -0.25) is 0 Å². The highest BCUT2D eigenvalue weighted by Gasteiger charge is 2.16. The average Bonchev–Trinajstić information content (AvgIpc) is 2.64. The molecule has 2 aromatic rings. The Morgan fingerprint density at radius 2 is 2.05 bits per heavy atom. The lowest BCUT2D eigenvalue weighted by Crippen LogP contribution is -2.12. The standard InChI is InChI=1S/C15H20FN3/c1-5-13-10(3)18-19(11(13)4)15-7-6-12(16)8-14(15)9(2)17/h6-9H,5,17H2,1-4H3/t9-/m1/s1. The Labute approximate surface area is 113 Å². The van der Waals surface area contributed by atoms with Gasteiger partial charge in [0, 0.05) is 11.7 Å². The minimum absolute atomic E-state index is 0.236. The van der Waals surface area contributed by atoms with Crippen LogP contribution in [0, 0.1) is 19.7 Å². The maximum Gasteiger partial charge on any atom is 0.123 e. The van der Waals surface area contributed by atoms with Crippen LogP contribution in [0.15, 0.2) is 18.2 Å². The maximum atomic E-state index is 13.4. The van der Waals surface area contributed by atoms with Crippen LogP contribution in [-0.2, 0) is 6.42 Å². The number of nitrogens with zero attached hydrogens (tertiary/aromatic N) is 2. The molecular formula is C15H20FN3. The van der Waals surface area contributed by atoms with E-state index >= 15 is 0 Å². The van der Waals surface area contributed by atoms with Crippen molar-refractivity contribution in [2.75, 3.05) is 0 Å². The Hall–Kier alpha value is -1.68. The first-order valence-electron chi connectivity index (χ1n) is 6.56. The van der Waals surface area contributed by atoms with E-state index in [0.717, 1.165) is 29.1 Å². The second-order valence-electron chi connectivity index (χ2n) is 4.91. The Morgan fingerprint density at radius 3 is 2.58 bits per heavy atom. The molecule has 2 rings (SSSR count). The lowest BCUT2D eigenvalue weighted by atomic mass is 10.1. The molecule has 2 N–H and O–H groups in total. The molecule has 0 spiro atoms. The highest BCUT2D eigenvalue weighted by molar-refractivity contribution is 5.45. The average molecular weight is 261 g/mol. The van der Waals surface area contributed by atoms with Gasteiger partial charge in [0.25, 0.3) is 0 Å². The van der Waals surface area contributed by atoms with Gasteiger partial charge in [-0.25, -0.2) is 9.07 Å². The zero-order chi connectivity index (χ0) is 14.2. The van der Waals surface area contributed by atoms with Crippen LogP contribution in [0.1, 0.15) is 42.4 Å². The molecule has 1 aromatic heterocycles. The van der Waals surface area contributed by atoms with Crippen LogP contribution in [0.25, 0.3) is 5.69 Å². The lowest BCUT2D eigenvalue weighted by Gasteiger charge is -2.14. The van der Waals surface area contributed by atoms with E-state index in [-0.39, 0.29) is 11.9 Å². The number of benzene rings is 1. The summed E-state index contributed by atoms with van der Waals surface area (Å²) in [6.07, 6.45) is 0.937. The number of aryl methyl sites for hydroxylation is 1. The van der Waals surface area contributed by atoms with Crippen molar-refractivity contribution in [3.05, 3.63) is 46.5 Å². The summed E-state index contributed by atoms with van der Waals surface area (Å²) >= 11 is 0. The van der Waals surface area contributed by atoms with Crippen molar-refractivity contribution in [1.29, 1.82) is 0 Å². The smallest absolute Gasteiger partial charge is 0.123 e. The van der Waals surface area contributed by atoms with Crippen molar-refractivity contribution in [1.82, 2.24) is 9.78 Å². The first-order valence-corrected chi connectivity index (χ1v) is 6.56. The monoisotopic (exact) mass is 261 g/mol. The second-order valence-corrected chi connectivity index (χ2v) is 4.91. The zero-order valence-corrected chi connectivity index (χ0v) is 11.9. The molecule has 0 saturated heterocycles. The molecule has 19 heavy (non-hydrogen) atoms. The molecule has 1 heterocycles. The Bertz CT molecular complexity index is 600. The summed E-state index contributed by atoms with van der Waals surface area (Å²) in [4.78, 5) is 0. The molecule has 0 radical (unpaired) electrons. The zero-order valence-electron chi connectivity index (χ0n) is 11.9. The third-order valence-electron chi connectivity index (χ3n) is 3.50. The fraction of sp³-hybridized carbons (Fsp3) is 0.400. The van der Waals surface area contributed by atoms with E-state index in [9.17, 15) is 4.39 Å². The third kappa shape index (κ3) is 2.40. The maximum absolute atomic E-state index is 13.4. The van der Waals surface area contributed by atoms with Crippen molar-refractivity contribution in [2.24, 2.45) is 5.73 Å². The first-order chi connectivity index (χ1) is 8.95. The van der Waals surface area contributed by atoms with Gasteiger partial charge in [-0.05, 0) is 56.5 Å². The first kappa shape index (κ1) is 13.7. The molecule has 1 atom stereocenters. The van der Waals surface area contributed by atoms with E-state index in [1.807, 2.05) is 25.5 Å². The highest BCUT2D eigenvalue weighted by atomic mass is 19.1. The van der Waals surface area contributed by atoms with Gasteiger partial charge in [0.05, 0.1) is 11.4 Å². The van der Waals surface area contributed by atoms with Gasteiger partial charge in [-0.1, -0.05) is 6.92 Å². The fourth-order valence-corrected chi connectivity index (χ4v) is 2.50. The number of hydrogen-bond acceptors (Lipinski definition) is 2. The number of halogens is 1. The van der Waals surface area contributed by atoms with Crippen LogP contribution < -0.4 is 5.73 Å². The topological polar surface area (TPSA) is 43.8 Å². The molecule has 0 unspecified atom stereocenters. The predicted molar refractivity (Wildman–Crippen MR) is 75.0 cm³/mol. The molecule has 0 fully saturated rings. The van der Waals surface area contributed by atoms with Crippen LogP contribution in [0.4, 0.5) is 4.39 Å². The molecule has 3 nitrogen and oxygen atoms in total. The van der Waals surface area contributed by atoms with Crippen LogP contribution >= 0.6 is 0 Å². The molecule has 4 heteroatoms. The number of nitrogens with two attached hydrogens (primary N) is 1. The molecule has 0 bridgehead atoms. The number of hydrogen-bond donors (Lipinski definition) is 1. The normalized spacial score (nSPS) is 12.7. The summed E-state index contributed by atoms with van der Waals surface area (Å²) in [5.41, 5.74) is 10.9. The molecular weight excluding hydrogens is 241 g/mol. The summed E-state index contributed by atoms with van der Waals surface area (Å²) < 4.78 is 15.3. The molecule has 0 amide bonds. The van der Waals surface area contributed by atoms with Crippen molar-refractivity contribution in [3.63, 3.8) is 0 Å². The van der Waals surface area contributed by atoms with Gasteiger partial charge in [0.2, 0.25) is 0 Å². The minimum Gasteiger partial charge on any atom is -0.324 e. The summed E-state index contributed by atoms with van der Waals surface area (Å²) in [6, 6.07) is 4.44. The van der Waals surface area contributed by atoms with Crippen molar-refractivity contribution in [3.8, 4) is 5.69 Å². The Kier molecular flexibility index (Phi) is 3.71. The van der Waals surface area contributed by atoms with E-state index in [4.69, 9.17) is 5.73 Å². The molecule has 0 saturated carbocycles. The number of aromatic nitrogens is 2. The number of rotatable bonds is 3. The van der Waals surface area contributed by atoms with E-state index in [2.05, 4.69) is 12.0 Å². The van der Waals surface area contributed by atoms with Gasteiger partial charge in [0.1, 0.15) is 5.82 Å². The predicted octanol–water partition coefficient (Wildman–Crippen LogP) is 3.21. The van der Waals surface area contributed by atoms with Gasteiger partial charge in [0.15, 0.2) is 0 Å². The second kappa shape index (κ2) is 5.13. The molecule has 0 aliphatic carbocycles. The van der Waals surface area contributed by atoms with Crippen LogP contribution in [0.3, 0.4) is 0 Å². The van der Waals surface area contributed by atoms with Gasteiger partial charge in [-0.15, -0.1) is 0 Å². The quantitative estimate of drug-likeness (QED) is 0.922. The summed E-state index contributed by atoms with van der Waals surface area (Å²) in [6.45, 7) is 7.99. The molecule has 102 valence electrons. The van der Waals surface area contributed by atoms with Gasteiger partial charge < -0.3 is 5.73 Å². The third-order valence-corrected chi connectivity index (χ3v) is 3.50. The van der Waals surface area contributed by atoms with Crippen LogP contribution in [0.2, 0.25) is 0 Å². The van der Waals surface area contributed by atoms with E-state index in [1.54, 1.807) is 6.07 Å². The van der Waals surface area contributed by atoms with E-state index in [0.29, 0.717) is 0 Å². The summed E-state index contributed by atoms with van der Waals surface area (Å²) in [5, 5.41) is 4.56. The molecule has 1 aromatic carbocycles. The summed E-state index contributed by atoms with van der Waals surface area (Å²) in [7, 11) is 0. The van der Waals surface area contributed by atoms with Crippen LogP contribution in [-0.4, -0.2) is 9.78 Å². The molecule has 0 aliphatic heterocycles. The van der Waals surface area contributed by atoms with Gasteiger partial charge in [-0.2, -0.15) is 5.10 Å². The SMILES string of the molecule is CCc1c(C)nn(-c2ccc(F)cc2[C@@H](C)N)c1C. The Morgan fingerprint density at radius 1 is 1.37 bits per heavy atom. The van der Waals surface area contributed by atoms with Crippen LogP contribution in [0.5, 0.6) is 0 Å². The minimum atomic E-state index is -0.270.